The highest BCUT2D eigenvalue weighted by Crippen LogP contribution is 2.19. The summed E-state index contributed by atoms with van der Waals surface area (Å²) in [5.74, 6) is 0. The zero-order valence-corrected chi connectivity index (χ0v) is 7.57. The largest absolute Gasteiger partial charge is 0.223 e. The summed E-state index contributed by atoms with van der Waals surface area (Å²) < 4.78 is 2.37. The van der Waals surface area contributed by atoms with E-state index in [0.717, 1.165) is 0 Å². The van der Waals surface area contributed by atoms with Crippen molar-refractivity contribution in [2.75, 3.05) is 0 Å². The topological polar surface area (TPSA) is 3.01 Å². The molecule has 2 rings (SSSR count). The average Bonchev–Trinajstić information content (AvgIpc) is 2.47. The van der Waals surface area contributed by atoms with Crippen molar-refractivity contribution in [1.82, 2.24) is 0 Å². The third-order valence-corrected chi connectivity index (χ3v) is 2.39. The quantitative estimate of drug-likeness (QED) is 0.515. The Balaban J connectivity index is 2.27. The lowest BCUT2D eigenvalue weighted by Gasteiger charge is -2.13. The Morgan fingerprint density at radius 1 is 1.33 bits per heavy atom. The van der Waals surface area contributed by atoms with Crippen molar-refractivity contribution < 1.29 is 4.58 Å². The standard InChI is InChI=1S/C11H14N/c1-9(2)12-8-7-10-5-3-4-6-11(10)12/h3-9,11H,1-2H3/q+1. The van der Waals surface area contributed by atoms with Gasteiger partial charge in [0.05, 0.1) is 0 Å². The maximum absolute atomic E-state index is 2.37. The summed E-state index contributed by atoms with van der Waals surface area (Å²) in [6.45, 7) is 4.44. The van der Waals surface area contributed by atoms with Crippen LogP contribution in [0.25, 0.3) is 0 Å². The minimum atomic E-state index is 0.495. The molecule has 0 aromatic heterocycles. The second kappa shape index (κ2) is 2.74. The van der Waals surface area contributed by atoms with Crippen LogP contribution in [0, 0.1) is 0 Å². The third kappa shape index (κ3) is 1.06. The predicted molar refractivity (Wildman–Crippen MR) is 51.6 cm³/mol. The minimum Gasteiger partial charge on any atom is -0.223 e. The van der Waals surface area contributed by atoms with Crippen molar-refractivity contribution in [3.8, 4) is 0 Å². The second-order valence-electron chi connectivity index (χ2n) is 3.55. The van der Waals surface area contributed by atoms with Crippen molar-refractivity contribution in [2.45, 2.75) is 25.9 Å². The molecule has 1 heterocycles. The number of allylic oxidation sites excluding steroid dienone is 3. The van der Waals surface area contributed by atoms with Crippen LogP contribution in [0.1, 0.15) is 13.8 Å². The first kappa shape index (κ1) is 7.53. The summed E-state index contributed by atoms with van der Waals surface area (Å²) in [7, 11) is 0. The van der Waals surface area contributed by atoms with E-state index >= 15 is 0 Å². The van der Waals surface area contributed by atoms with Crippen LogP contribution in [0.15, 0.2) is 36.0 Å². The van der Waals surface area contributed by atoms with Gasteiger partial charge in [-0.3, -0.25) is 0 Å². The molecule has 1 atom stereocenters. The molecule has 0 saturated heterocycles. The van der Waals surface area contributed by atoms with Crippen LogP contribution < -0.4 is 0 Å². The molecular formula is C11H14N+. The van der Waals surface area contributed by atoms with Crippen molar-refractivity contribution in [3.05, 3.63) is 36.0 Å². The first-order chi connectivity index (χ1) is 5.79. The monoisotopic (exact) mass is 160 g/mol. The van der Waals surface area contributed by atoms with E-state index < -0.39 is 0 Å². The maximum Gasteiger partial charge on any atom is 0.197 e. The van der Waals surface area contributed by atoms with Gasteiger partial charge in [-0.15, -0.1) is 0 Å². The zero-order valence-electron chi connectivity index (χ0n) is 7.57. The molecule has 0 spiro atoms. The van der Waals surface area contributed by atoms with Crippen molar-refractivity contribution in [1.29, 1.82) is 0 Å². The van der Waals surface area contributed by atoms with Gasteiger partial charge in [-0.25, -0.2) is 4.58 Å². The highest BCUT2D eigenvalue weighted by molar-refractivity contribution is 5.72. The molecule has 0 aromatic rings. The lowest BCUT2D eigenvalue weighted by Crippen LogP contribution is -2.29. The van der Waals surface area contributed by atoms with E-state index in [4.69, 9.17) is 0 Å². The molecule has 0 amide bonds. The van der Waals surface area contributed by atoms with Crippen LogP contribution in [0.5, 0.6) is 0 Å². The van der Waals surface area contributed by atoms with Crippen molar-refractivity contribution in [2.24, 2.45) is 0 Å². The summed E-state index contributed by atoms with van der Waals surface area (Å²) in [6.07, 6.45) is 13.0. The molecular weight excluding hydrogens is 146 g/mol. The van der Waals surface area contributed by atoms with Gasteiger partial charge in [0.25, 0.3) is 0 Å². The van der Waals surface area contributed by atoms with E-state index in [1.54, 1.807) is 0 Å². The third-order valence-electron chi connectivity index (χ3n) is 2.39. The van der Waals surface area contributed by atoms with Gasteiger partial charge >= 0.3 is 0 Å². The van der Waals surface area contributed by atoms with E-state index in [1.165, 1.54) is 5.57 Å². The molecule has 1 aliphatic carbocycles. The van der Waals surface area contributed by atoms with Gasteiger partial charge in [0.15, 0.2) is 12.3 Å². The number of hydrogen-bond donors (Lipinski definition) is 0. The molecule has 1 unspecified atom stereocenters. The number of fused-ring (bicyclic) bond motifs is 1. The first-order valence-corrected chi connectivity index (χ1v) is 4.46. The van der Waals surface area contributed by atoms with Gasteiger partial charge in [-0.05, 0) is 19.9 Å². The van der Waals surface area contributed by atoms with E-state index in [1.807, 2.05) is 0 Å². The fourth-order valence-corrected chi connectivity index (χ4v) is 1.73. The highest BCUT2D eigenvalue weighted by atomic mass is 15.1. The molecule has 12 heavy (non-hydrogen) atoms. The molecule has 62 valence electrons. The summed E-state index contributed by atoms with van der Waals surface area (Å²) in [4.78, 5) is 0. The highest BCUT2D eigenvalue weighted by Gasteiger charge is 2.28. The average molecular weight is 160 g/mol. The molecule has 0 fully saturated rings. The lowest BCUT2D eigenvalue weighted by atomic mass is 10.0. The molecule has 0 aromatic carbocycles. The van der Waals surface area contributed by atoms with E-state index in [9.17, 15) is 0 Å². The Morgan fingerprint density at radius 2 is 2.17 bits per heavy atom. The van der Waals surface area contributed by atoms with Crippen LogP contribution in [0.3, 0.4) is 0 Å². The van der Waals surface area contributed by atoms with Gasteiger partial charge < -0.3 is 0 Å². The minimum absolute atomic E-state index is 0.495. The summed E-state index contributed by atoms with van der Waals surface area (Å²) in [5, 5.41) is 0. The summed E-state index contributed by atoms with van der Waals surface area (Å²) in [5.41, 5.74) is 1.41. The number of nitrogens with zero attached hydrogens (tertiary/aromatic N) is 1. The number of rotatable bonds is 1. The number of hydrogen-bond acceptors (Lipinski definition) is 0. The van der Waals surface area contributed by atoms with Crippen LogP contribution >= 0.6 is 0 Å². The Bertz CT molecular complexity index is 303. The van der Waals surface area contributed by atoms with Crippen LogP contribution in [0.4, 0.5) is 0 Å². The molecule has 2 aliphatic rings. The molecule has 1 aliphatic heterocycles. The van der Waals surface area contributed by atoms with Gasteiger partial charge in [0.1, 0.15) is 6.04 Å². The smallest absolute Gasteiger partial charge is 0.197 e. The van der Waals surface area contributed by atoms with Gasteiger partial charge in [-0.2, -0.15) is 0 Å². The van der Waals surface area contributed by atoms with Crippen LogP contribution in [0.2, 0.25) is 0 Å². The van der Waals surface area contributed by atoms with E-state index in [-0.39, 0.29) is 0 Å². The van der Waals surface area contributed by atoms with Crippen LogP contribution in [-0.4, -0.2) is 22.9 Å². The molecule has 0 saturated carbocycles. The fourth-order valence-electron chi connectivity index (χ4n) is 1.73. The molecule has 0 bridgehead atoms. The second-order valence-corrected chi connectivity index (χ2v) is 3.55. The first-order valence-electron chi connectivity index (χ1n) is 4.46. The molecule has 0 N–H and O–H groups in total. The zero-order chi connectivity index (χ0) is 8.55. The Morgan fingerprint density at radius 3 is 2.92 bits per heavy atom. The lowest BCUT2D eigenvalue weighted by molar-refractivity contribution is -0.567. The molecule has 0 radical (unpaired) electrons. The molecule has 1 heteroatoms. The maximum atomic E-state index is 2.37. The summed E-state index contributed by atoms with van der Waals surface area (Å²) in [6, 6.07) is 1.08. The van der Waals surface area contributed by atoms with Gasteiger partial charge in [-0.1, -0.05) is 18.2 Å². The predicted octanol–water partition coefficient (Wildman–Crippen LogP) is 1.91. The Hall–Kier alpha value is -1.11. The van der Waals surface area contributed by atoms with E-state index in [0.29, 0.717) is 12.1 Å². The van der Waals surface area contributed by atoms with Gasteiger partial charge in [0, 0.05) is 11.6 Å². The van der Waals surface area contributed by atoms with Crippen molar-refractivity contribution >= 4 is 6.21 Å². The Labute approximate surface area is 73.4 Å². The van der Waals surface area contributed by atoms with Crippen molar-refractivity contribution in [3.63, 3.8) is 0 Å². The Kier molecular flexibility index (Phi) is 1.72. The van der Waals surface area contributed by atoms with E-state index in [2.05, 4.69) is 55.0 Å². The normalized spacial score (nSPS) is 25.8. The fraction of sp³-hybridized carbons (Fsp3) is 0.364. The van der Waals surface area contributed by atoms with Gasteiger partial charge in [0.2, 0.25) is 0 Å². The molecule has 1 nitrogen and oxygen atoms in total. The SMILES string of the molecule is CC(C)[N+]1=CC=C2C=CC=CC21. The van der Waals surface area contributed by atoms with Crippen LogP contribution in [-0.2, 0) is 0 Å². The summed E-state index contributed by atoms with van der Waals surface area (Å²) >= 11 is 0.